The Balaban J connectivity index is 3.04. The summed E-state index contributed by atoms with van der Waals surface area (Å²) in [7, 11) is 0. The van der Waals surface area contributed by atoms with Gasteiger partial charge in [-0.15, -0.1) is 0 Å². The number of β-amino-alcohol motifs (C(OH)–C–C–N with tert-alkyl or cyclic N) is 1. The first-order valence-electron chi connectivity index (χ1n) is 8.92. The molecule has 0 unspecified atom stereocenters. The van der Waals surface area contributed by atoms with Crippen LogP contribution in [0.3, 0.4) is 0 Å². The third-order valence-electron chi connectivity index (χ3n) is 4.23. The Hall–Kier alpha value is -2.69. The van der Waals surface area contributed by atoms with E-state index in [0.29, 0.717) is 0 Å². The molecule has 0 aromatic rings. The molecule has 0 aromatic heterocycles. The molecule has 3 N–H and O–H groups in total. The molecular formula is C17H26N2O9. The van der Waals surface area contributed by atoms with Gasteiger partial charge in [0.1, 0.15) is 12.1 Å². The van der Waals surface area contributed by atoms with E-state index in [0.717, 1.165) is 4.90 Å². The summed E-state index contributed by atoms with van der Waals surface area (Å²) in [5.74, 6) is -6.17. The fourth-order valence-corrected chi connectivity index (χ4v) is 2.98. The van der Waals surface area contributed by atoms with E-state index in [1.54, 1.807) is 6.92 Å². The van der Waals surface area contributed by atoms with E-state index in [1.807, 2.05) is 0 Å². The van der Waals surface area contributed by atoms with Crippen LogP contribution in [0.4, 0.5) is 0 Å². The zero-order chi connectivity index (χ0) is 21.4. The van der Waals surface area contributed by atoms with Gasteiger partial charge in [0, 0.05) is 19.9 Å². The number of nitrogens with one attached hydrogen (secondary N) is 1. The van der Waals surface area contributed by atoms with Crippen LogP contribution in [-0.4, -0.2) is 82.8 Å². The van der Waals surface area contributed by atoms with Crippen LogP contribution in [0.15, 0.2) is 0 Å². The minimum Gasteiger partial charge on any atom is -0.480 e. The molecule has 1 saturated heterocycles. The number of aliphatic carboxylic acids is 1. The van der Waals surface area contributed by atoms with E-state index in [4.69, 9.17) is 9.47 Å². The van der Waals surface area contributed by atoms with E-state index in [1.165, 1.54) is 13.8 Å². The molecule has 28 heavy (non-hydrogen) atoms. The number of aliphatic hydroxyl groups is 1. The van der Waals surface area contributed by atoms with Crippen molar-refractivity contribution in [2.24, 2.45) is 5.92 Å². The van der Waals surface area contributed by atoms with E-state index in [2.05, 4.69) is 5.32 Å². The maximum Gasteiger partial charge on any atom is 0.327 e. The highest BCUT2D eigenvalue weighted by atomic mass is 16.5. The van der Waals surface area contributed by atoms with E-state index in [-0.39, 0.29) is 26.2 Å². The van der Waals surface area contributed by atoms with Crippen molar-refractivity contribution < 1.29 is 43.7 Å². The molecule has 1 heterocycles. The minimum absolute atomic E-state index is 0.0337. The van der Waals surface area contributed by atoms with Crippen molar-refractivity contribution in [1.82, 2.24) is 10.2 Å². The lowest BCUT2D eigenvalue weighted by Gasteiger charge is -2.27. The zero-order valence-corrected chi connectivity index (χ0v) is 16.0. The first-order valence-corrected chi connectivity index (χ1v) is 8.92. The Kier molecular flexibility index (Phi) is 8.83. The van der Waals surface area contributed by atoms with E-state index < -0.39 is 60.2 Å². The summed E-state index contributed by atoms with van der Waals surface area (Å²) in [6.07, 6.45) is -1.60. The number of likely N-dealkylation sites (tertiary alicyclic amines) is 1. The molecule has 158 valence electrons. The number of carboxylic acids is 1. The minimum atomic E-state index is -1.78. The second kappa shape index (κ2) is 10.6. The van der Waals surface area contributed by atoms with Gasteiger partial charge < -0.3 is 29.9 Å². The first kappa shape index (κ1) is 23.3. The molecule has 4 atom stereocenters. The Bertz CT molecular complexity index is 622. The van der Waals surface area contributed by atoms with Crippen molar-refractivity contribution in [2.45, 2.75) is 51.8 Å². The number of hydrogen-bond donors (Lipinski definition) is 3. The smallest absolute Gasteiger partial charge is 0.327 e. The topological polar surface area (TPSA) is 160 Å². The number of ether oxygens (including phenoxy) is 2. The van der Waals surface area contributed by atoms with Crippen molar-refractivity contribution >= 4 is 29.7 Å². The van der Waals surface area contributed by atoms with Gasteiger partial charge in [-0.2, -0.15) is 0 Å². The lowest BCUT2D eigenvalue weighted by atomic mass is 9.95. The van der Waals surface area contributed by atoms with Gasteiger partial charge in [0.25, 0.3) is 0 Å². The average Bonchev–Trinajstić information content (AvgIpc) is 3.00. The maximum absolute atomic E-state index is 12.6. The highest BCUT2D eigenvalue weighted by Gasteiger charge is 2.42. The molecule has 0 bridgehead atoms. The molecule has 11 nitrogen and oxygen atoms in total. The summed E-state index contributed by atoms with van der Waals surface area (Å²) < 4.78 is 9.59. The van der Waals surface area contributed by atoms with Gasteiger partial charge in [-0.25, -0.2) is 4.79 Å². The summed E-state index contributed by atoms with van der Waals surface area (Å²) in [6.45, 7) is 4.20. The SMILES string of the molecule is CCOC(=O)C[C@H](C(=O)OCC)[C@H](NC(=O)[C@@H]1C[C@@H](O)CN1C(C)=O)C(=O)O. The Morgan fingerprint density at radius 1 is 1.14 bits per heavy atom. The zero-order valence-electron chi connectivity index (χ0n) is 16.0. The summed E-state index contributed by atoms with van der Waals surface area (Å²) in [5.41, 5.74) is 0. The predicted octanol–water partition coefficient (Wildman–Crippen LogP) is -1.33. The molecule has 11 heteroatoms. The van der Waals surface area contributed by atoms with Crippen LogP contribution in [-0.2, 0) is 33.4 Å². The number of carbonyl (C=O) groups is 5. The van der Waals surface area contributed by atoms with Gasteiger partial charge in [-0.05, 0) is 13.8 Å². The maximum atomic E-state index is 12.6. The highest BCUT2D eigenvalue weighted by Crippen LogP contribution is 2.20. The van der Waals surface area contributed by atoms with Crippen molar-refractivity contribution in [3.8, 4) is 0 Å². The molecule has 1 aliphatic rings. The monoisotopic (exact) mass is 402 g/mol. The number of hydrogen-bond acceptors (Lipinski definition) is 8. The standard InChI is InChI=1S/C17H26N2O9/c1-4-27-13(22)7-11(17(26)28-5-2)14(16(24)25)18-15(23)12-6-10(21)8-19(12)9(3)20/h10-12,14,21H,4-8H2,1-3H3,(H,18,23)(H,24,25)/t10-,11+,12+,14+/m1/s1. The Morgan fingerprint density at radius 3 is 2.25 bits per heavy atom. The van der Waals surface area contributed by atoms with Gasteiger partial charge in [0.2, 0.25) is 11.8 Å². The molecule has 0 radical (unpaired) electrons. The lowest BCUT2D eigenvalue weighted by molar-refractivity contribution is -0.160. The quantitative estimate of drug-likeness (QED) is 0.397. The van der Waals surface area contributed by atoms with Crippen LogP contribution in [0.2, 0.25) is 0 Å². The van der Waals surface area contributed by atoms with Crippen LogP contribution in [0, 0.1) is 5.92 Å². The molecule has 1 fully saturated rings. The fourth-order valence-electron chi connectivity index (χ4n) is 2.98. The summed E-state index contributed by atoms with van der Waals surface area (Å²) >= 11 is 0. The van der Waals surface area contributed by atoms with Crippen molar-refractivity contribution in [1.29, 1.82) is 0 Å². The predicted molar refractivity (Wildman–Crippen MR) is 92.7 cm³/mol. The third kappa shape index (κ3) is 6.19. The second-order valence-electron chi connectivity index (χ2n) is 6.27. The number of amides is 2. The summed E-state index contributed by atoms with van der Waals surface area (Å²) in [5, 5.41) is 21.4. The van der Waals surface area contributed by atoms with Crippen LogP contribution < -0.4 is 5.32 Å². The molecule has 2 amide bonds. The fraction of sp³-hybridized carbons (Fsp3) is 0.706. The van der Waals surface area contributed by atoms with Gasteiger partial charge in [0.15, 0.2) is 0 Å². The highest BCUT2D eigenvalue weighted by molar-refractivity contribution is 5.93. The number of rotatable bonds is 9. The summed E-state index contributed by atoms with van der Waals surface area (Å²) in [4.78, 5) is 61.1. The Morgan fingerprint density at radius 2 is 1.75 bits per heavy atom. The van der Waals surface area contributed by atoms with Gasteiger partial charge >= 0.3 is 17.9 Å². The molecule has 0 spiro atoms. The normalized spacial score (nSPS) is 20.8. The van der Waals surface area contributed by atoms with Crippen molar-refractivity contribution in [3.63, 3.8) is 0 Å². The largest absolute Gasteiger partial charge is 0.480 e. The van der Waals surface area contributed by atoms with E-state index in [9.17, 15) is 34.2 Å². The molecule has 0 aromatic carbocycles. The van der Waals surface area contributed by atoms with Crippen LogP contribution in [0.5, 0.6) is 0 Å². The Labute approximate surface area is 162 Å². The van der Waals surface area contributed by atoms with E-state index >= 15 is 0 Å². The molecule has 1 rings (SSSR count). The van der Waals surface area contributed by atoms with Gasteiger partial charge in [0.05, 0.1) is 31.7 Å². The number of esters is 2. The second-order valence-corrected chi connectivity index (χ2v) is 6.27. The van der Waals surface area contributed by atoms with Crippen LogP contribution in [0.25, 0.3) is 0 Å². The van der Waals surface area contributed by atoms with Crippen LogP contribution in [0.1, 0.15) is 33.6 Å². The molecule has 0 aliphatic carbocycles. The van der Waals surface area contributed by atoms with Crippen molar-refractivity contribution in [3.05, 3.63) is 0 Å². The third-order valence-corrected chi connectivity index (χ3v) is 4.23. The summed E-state index contributed by atoms with van der Waals surface area (Å²) in [6, 6.07) is -2.86. The first-order chi connectivity index (χ1) is 13.1. The van der Waals surface area contributed by atoms with Gasteiger partial charge in [-0.3, -0.25) is 19.2 Å². The molecule has 1 aliphatic heterocycles. The average molecular weight is 402 g/mol. The number of aliphatic hydroxyl groups excluding tert-OH is 1. The van der Waals surface area contributed by atoms with Gasteiger partial charge in [-0.1, -0.05) is 0 Å². The molecule has 0 saturated carbocycles. The lowest BCUT2D eigenvalue weighted by Crippen LogP contribution is -2.54. The molecular weight excluding hydrogens is 376 g/mol. The van der Waals surface area contributed by atoms with Crippen molar-refractivity contribution in [2.75, 3.05) is 19.8 Å². The van der Waals surface area contributed by atoms with Crippen LogP contribution >= 0.6 is 0 Å². The number of carbonyl (C=O) groups excluding carboxylic acids is 4. The number of carboxylic acid groups (broad SMARTS) is 1. The number of nitrogens with zero attached hydrogens (tertiary/aromatic N) is 1.